The SMILES string of the molecule is O=C(NCCSCc1ccccc1)c1ccc2c(=O)n(C3CCCCC3)c(=S)[nH]c2c1. The lowest BCUT2D eigenvalue weighted by molar-refractivity contribution is 0.0956. The van der Waals surface area contributed by atoms with E-state index in [0.717, 1.165) is 37.2 Å². The van der Waals surface area contributed by atoms with Crippen LogP contribution in [0.3, 0.4) is 0 Å². The summed E-state index contributed by atoms with van der Waals surface area (Å²) in [6, 6.07) is 15.6. The summed E-state index contributed by atoms with van der Waals surface area (Å²) in [7, 11) is 0. The number of hydrogen-bond acceptors (Lipinski definition) is 4. The fraction of sp³-hybridized carbons (Fsp3) is 0.375. The summed E-state index contributed by atoms with van der Waals surface area (Å²) in [6.07, 6.45) is 5.47. The van der Waals surface area contributed by atoms with Crippen LogP contribution in [0.2, 0.25) is 0 Å². The summed E-state index contributed by atoms with van der Waals surface area (Å²) < 4.78 is 2.18. The summed E-state index contributed by atoms with van der Waals surface area (Å²) in [4.78, 5) is 28.8. The molecule has 0 radical (unpaired) electrons. The van der Waals surface area contributed by atoms with Crippen molar-refractivity contribution in [3.8, 4) is 0 Å². The number of aromatic amines is 1. The Morgan fingerprint density at radius 3 is 2.68 bits per heavy atom. The number of amides is 1. The van der Waals surface area contributed by atoms with E-state index in [9.17, 15) is 9.59 Å². The van der Waals surface area contributed by atoms with Gasteiger partial charge in [-0.3, -0.25) is 14.2 Å². The lowest BCUT2D eigenvalue weighted by Gasteiger charge is -2.24. The van der Waals surface area contributed by atoms with Crippen molar-refractivity contribution in [3.05, 3.63) is 74.8 Å². The minimum atomic E-state index is -0.141. The highest BCUT2D eigenvalue weighted by molar-refractivity contribution is 7.98. The van der Waals surface area contributed by atoms with Crippen LogP contribution >= 0.6 is 24.0 Å². The molecule has 1 amide bonds. The van der Waals surface area contributed by atoms with Crippen molar-refractivity contribution in [2.45, 2.75) is 43.9 Å². The number of rotatable bonds is 7. The van der Waals surface area contributed by atoms with Crippen LogP contribution in [0.4, 0.5) is 0 Å². The van der Waals surface area contributed by atoms with E-state index in [0.29, 0.717) is 27.8 Å². The van der Waals surface area contributed by atoms with Crippen molar-refractivity contribution in [3.63, 3.8) is 0 Å². The number of nitrogens with zero attached hydrogens (tertiary/aromatic N) is 1. The molecule has 1 aliphatic carbocycles. The highest BCUT2D eigenvalue weighted by Crippen LogP contribution is 2.27. The van der Waals surface area contributed by atoms with Crippen molar-refractivity contribution >= 4 is 40.8 Å². The Hall–Kier alpha value is -2.38. The van der Waals surface area contributed by atoms with Gasteiger partial charge in [0, 0.05) is 29.7 Å². The second-order valence-electron chi connectivity index (χ2n) is 7.95. The first-order valence-electron chi connectivity index (χ1n) is 10.8. The van der Waals surface area contributed by atoms with Gasteiger partial charge in [-0.05, 0) is 48.8 Å². The van der Waals surface area contributed by atoms with Gasteiger partial charge in [-0.15, -0.1) is 0 Å². The molecule has 2 N–H and O–H groups in total. The molecule has 4 rings (SSSR count). The molecule has 1 saturated carbocycles. The van der Waals surface area contributed by atoms with E-state index in [4.69, 9.17) is 12.2 Å². The summed E-state index contributed by atoms with van der Waals surface area (Å²) >= 11 is 7.29. The van der Waals surface area contributed by atoms with E-state index in [1.165, 1.54) is 12.0 Å². The Morgan fingerprint density at radius 1 is 1.13 bits per heavy atom. The van der Waals surface area contributed by atoms with Gasteiger partial charge in [0.05, 0.1) is 10.9 Å². The molecule has 7 heteroatoms. The molecule has 31 heavy (non-hydrogen) atoms. The van der Waals surface area contributed by atoms with Crippen LogP contribution in [-0.2, 0) is 5.75 Å². The van der Waals surface area contributed by atoms with Crippen LogP contribution in [0, 0.1) is 4.77 Å². The normalized spacial score (nSPS) is 14.6. The zero-order chi connectivity index (χ0) is 21.6. The monoisotopic (exact) mass is 453 g/mol. The third kappa shape index (κ3) is 5.28. The number of carbonyl (C=O) groups excluding carboxylic acids is 1. The molecule has 0 bridgehead atoms. The fourth-order valence-electron chi connectivity index (χ4n) is 4.15. The second-order valence-corrected chi connectivity index (χ2v) is 9.44. The predicted octanol–water partition coefficient (Wildman–Crippen LogP) is 5.23. The minimum Gasteiger partial charge on any atom is -0.351 e. The fourth-order valence-corrected chi connectivity index (χ4v) is 5.31. The number of benzene rings is 2. The summed E-state index contributed by atoms with van der Waals surface area (Å²) in [6.45, 7) is 0.591. The molecule has 0 atom stereocenters. The van der Waals surface area contributed by atoms with Gasteiger partial charge in [-0.25, -0.2) is 0 Å². The number of hydrogen-bond donors (Lipinski definition) is 2. The maximum absolute atomic E-state index is 13.1. The average molecular weight is 454 g/mol. The molecule has 2 aromatic carbocycles. The van der Waals surface area contributed by atoms with E-state index in [1.807, 2.05) is 18.2 Å². The molecule has 5 nitrogen and oxygen atoms in total. The number of H-pyrrole nitrogens is 1. The van der Waals surface area contributed by atoms with E-state index < -0.39 is 0 Å². The quantitative estimate of drug-likeness (QED) is 0.380. The average Bonchev–Trinajstić information content (AvgIpc) is 2.80. The molecule has 0 unspecified atom stereocenters. The molecule has 162 valence electrons. The largest absolute Gasteiger partial charge is 0.351 e. The van der Waals surface area contributed by atoms with E-state index in [-0.39, 0.29) is 17.5 Å². The summed E-state index contributed by atoms with van der Waals surface area (Å²) in [5.41, 5.74) is 2.37. The number of aromatic nitrogens is 2. The van der Waals surface area contributed by atoms with Crippen LogP contribution in [0.15, 0.2) is 53.3 Å². The highest BCUT2D eigenvalue weighted by atomic mass is 32.2. The summed E-state index contributed by atoms with van der Waals surface area (Å²) in [5, 5.41) is 3.54. The zero-order valence-electron chi connectivity index (χ0n) is 17.4. The van der Waals surface area contributed by atoms with Gasteiger partial charge in [-0.2, -0.15) is 11.8 Å². The number of fused-ring (bicyclic) bond motifs is 1. The van der Waals surface area contributed by atoms with Crippen molar-refractivity contribution in [2.24, 2.45) is 0 Å². The maximum Gasteiger partial charge on any atom is 0.262 e. The van der Waals surface area contributed by atoms with Crippen LogP contribution in [0.25, 0.3) is 10.9 Å². The molecular weight excluding hydrogens is 426 g/mol. The van der Waals surface area contributed by atoms with Crippen molar-refractivity contribution < 1.29 is 4.79 Å². The third-order valence-corrected chi connectivity index (χ3v) is 7.10. The second kappa shape index (κ2) is 10.3. The first-order chi connectivity index (χ1) is 15.1. The molecular formula is C24H27N3O2S2. The zero-order valence-corrected chi connectivity index (χ0v) is 19.1. The van der Waals surface area contributed by atoms with Crippen molar-refractivity contribution in [1.29, 1.82) is 0 Å². The van der Waals surface area contributed by atoms with Crippen LogP contribution in [0.5, 0.6) is 0 Å². The Balaban J connectivity index is 1.40. The van der Waals surface area contributed by atoms with Gasteiger partial charge >= 0.3 is 0 Å². The lowest BCUT2D eigenvalue weighted by Crippen LogP contribution is -2.28. The van der Waals surface area contributed by atoms with E-state index in [2.05, 4.69) is 22.4 Å². The molecule has 0 aliphatic heterocycles. The third-order valence-electron chi connectivity index (χ3n) is 5.77. The first kappa shape index (κ1) is 21.8. The Bertz CT molecular complexity index is 1160. The number of nitrogens with one attached hydrogen (secondary N) is 2. The topological polar surface area (TPSA) is 66.9 Å². The molecule has 0 saturated heterocycles. The van der Waals surface area contributed by atoms with Gasteiger partial charge in [0.2, 0.25) is 0 Å². The standard InChI is InChI=1S/C24H27N3O2S2/c28-22(25-13-14-31-16-17-7-3-1-4-8-17)18-11-12-20-21(15-18)26-24(30)27(23(20)29)19-9-5-2-6-10-19/h1,3-4,7-8,11-12,15,19H,2,5-6,9-10,13-14,16H2,(H,25,28)(H,26,30). The van der Waals surface area contributed by atoms with Crippen LogP contribution < -0.4 is 10.9 Å². The minimum absolute atomic E-state index is 0.0603. The number of thioether (sulfide) groups is 1. The van der Waals surface area contributed by atoms with Crippen LogP contribution in [0.1, 0.15) is 54.1 Å². The Kier molecular flexibility index (Phi) is 7.25. The van der Waals surface area contributed by atoms with Crippen molar-refractivity contribution in [1.82, 2.24) is 14.9 Å². The smallest absolute Gasteiger partial charge is 0.262 e. The number of carbonyl (C=O) groups is 1. The van der Waals surface area contributed by atoms with E-state index in [1.54, 1.807) is 34.5 Å². The molecule has 1 aromatic heterocycles. The van der Waals surface area contributed by atoms with Gasteiger partial charge in [0.1, 0.15) is 0 Å². The molecule has 0 spiro atoms. The first-order valence-corrected chi connectivity index (χ1v) is 12.4. The Labute approximate surface area is 191 Å². The van der Waals surface area contributed by atoms with Crippen LogP contribution in [-0.4, -0.2) is 27.8 Å². The lowest BCUT2D eigenvalue weighted by atomic mass is 9.95. The molecule has 1 aliphatic rings. The Morgan fingerprint density at radius 2 is 1.90 bits per heavy atom. The van der Waals surface area contributed by atoms with Gasteiger partial charge in [-0.1, -0.05) is 49.6 Å². The highest BCUT2D eigenvalue weighted by Gasteiger charge is 2.19. The summed E-state index contributed by atoms with van der Waals surface area (Å²) in [5.74, 6) is 1.62. The molecule has 3 aromatic rings. The van der Waals surface area contributed by atoms with E-state index >= 15 is 0 Å². The van der Waals surface area contributed by atoms with Gasteiger partial charge in [0.25, 0.3) is 11.5 Å². The molecule has 1 heterocycles. The van der Waals surface area contributed by atoms with Crippen molar-refractivity contribution in [2.75, 3.05) is 12.3 Å². The predicted molar refractivity (Wildman–Crippen MR) is 130 cm³/mol. The van der Waals surface area contributed by atoms with Gasteiger partial charge < -0.3 is 10.3 Å². The van der Waals surface area contributed by atoms with Gasteiger partial charge in [0.15, 0.2) is 4.77 Å². The molecule has 1 fully saturated rings. The maximum atomic E-state index is 13.1.